The summed E-state index contributed by atoms with van der Waals surface area (Å²) in [7, 11) is 4.15. The van der Waals surface area contributed by atoms with Crippen molar-refractivity contribution in [2.45, 2.75) is 33.2 Å². The third-order valence-electron chi connectivity index (χ3n) is 3.67. The van der Waals surface area contributed by atoms with Crippen LogP contribution in [-0.2, 0) is 11.3 Å². The van der Waals surface area contributed by atoms with E-state index in [1.54, 1.807) is 0 Å². The third-order valence-corrected chi connectivity index (χ3v) is 3.67. The Morgan fingerprint density at radius 2 is 1.81 bits per heavy atom. The molecule has 0 fully saturated rings. The molecule has 0 saturated heterocycles. The van der Waals surface area contributed by atoms with E-state index in [1.165, 1.54) is 0 Å². The van der Waals surface area contributed by atoms with Crippen LogP contribution in [0.4, 0.5) is 0 Å². The fourth-order valence-electron chi connectivity index (χ4n) is 2.30. The van der Waals surface area contributed by atoms with E-state index in [0.717, 1.165) is 69.6 Å². The molecule has 0 spiro atoms. The highest BCUT2D eigenvalue weighted by molar-refractivity contribution is 5.79. The smallest absolute Gasteiger partial charge is 0.191 e. The zero-order valence-corrected chi connectivity index (χ0v) is 16.9. The predicted molar refractivity (Wildman–Crippen MR) is 109 cm³/mol. The maximum Gasteiger partial charge on any atom is 0.191 e. The molecule has 26 heavy (non-hydrogen) atoms. The van der Waals surface area contributed by atoms with Crippen molar-refractivity contribution in [2.75, 3.05) is 53.6 Å². The molecule has 6 nitrogen and oxygen atoms in total. The van der Waals surface area contributed by atoms with Crippen molar-refractivity contribution in [2.24, 2.45) is 4.99 Å². The molecule has 0 radical (unpaired) electrons. The minimum atomic E-state index is 0.641. The van der Waals surface area contributed by atoms with Gasteiger partial charge in [-0.1, -0.05) is 12.1 Å². The monoisotopic (exact) mass is 364 g/mol. The highest BCUT2D eigenvalue weighted by atomic mass is 16.5. The van der Waals surface area contributed by atoms with E-state index >= 15 is 0 Å². The molecule has 0 bridgehead atoms. The van der Waals surface area contributed by atoms with Gasteiger partial charge in [0.25, 0.3) is 0 Å². The molecule has 0 saturated carbocycles. The number of rotatable bonds is 13. The van der Waals surface area contributed by atoms with Crippen LogP contribution in [-0.4, -0.2) is 64.4 Å². The van der Waals surface area contributed by atoms with Crippen LogP contribution in [0.15, 0.2) is 29.3 Å². The van der Waals surface area contributed by atoms with Crippen LogP contribution >= 0.6 is 0 Å². The lowest BCUT2D eigenvalue weighted by molar-refractivity contribution is 0.145. The Kier molecular flexibility index (Phi) is 12.3. The first-order valence-electron chi connectivity index (χ1n) is 9.62. The average Bonchev–Trinajstić information content (AvgIpc) is 2.64. The van der Waals surface area contributed by atoms with Gasteiger partial charge in [0, 0.05) is 32.8 Å². The first-order chi connectivity index (χ1) is 12.7. The molecule has 0 amide bonds. The lowest BCUT2D eigenvalue weighted by atomic mass is 10.2. The van der Waals surface area contributed by atoms with E-state index in [4.69, 9.17) is 9.47 Å². The third kappa shape index (κ3) is 10.9. The topological polar surface area (TPSA) is 58.1 Å². The number of benzene rings is 1. The largest absolute Gasteiger partial charge is 0.494 e. The molecule has 0 aliphatic carbocycles. The molecule has 1 aromatic carbocycles. The van der Waals surface area contributed by atoms with E-state index in [1.807, 2.05) is 19.1 Å². The molecular weight excluding hydrogens is 328 g/mol. The van der Waals surface area contributed by atoms with Gasteiger partial charge in [-0.2, -0.15) is 0 Å². The molecule has 0 unspecified atom stereocenters. The number of guanidine groups is 1. The quantitative estimate of drug-likeness (QED) is 0.320. The molecule has 1 aromatic rings. The van der Waals surface area contributed by atoms with Gasteiger partial charge in [0.2, 0.25) is 0 Å². The molecule has 0 aliphatic heterocycles. The van der Waals surface area contributed by atoms with Gasteiger partial charge in [-0.05, 0) is 58.5 Å². The summed E-state index contributed by atoms with van der Waals surface area (Å²) in [6.07, 6.45) is 2.00. The summed E-state index contributed by atoms with van der Waals surface area (Å²) >= 11 is 0. The summed E-state index contributed by atoms with van der Waals surface area (Å²) < 4.78 is 11.1. The first-order valence-corrected chi connectivity index (χ1v) is 9.62. The Balaban J connectivity index is 2.38. The van der Waals surface area contributed by atoms with E-state index in [0.29, 0.717) is 6.54 Å². The molecule has 0 aliphatic rings. The minimum absolute atomic E-state index is 0.641. The Bertz CT molecular complexity index is 489. The van der Waals surface area contributed by atoms with Crippen molar-refractivity contribution in [3.8, 4) is 5.75 Å². The number of aliphatic imine (C=N–C) groups is 1. The van der Waals surface area contributed by atoms with E-state index in [9.17, 15) is 0 Å². The summed E-state index contributed by atoms with van der Waals surface area (Å²) in [6, 6.07) is 8.18. The first kappa shape index (κ1) is 22.3. The second-order valence-electron chi connectivity index (χ2n) is 6.32. The van der Waals surface area contributed by atoms with Gasteiger partial charge in [0.15, 0.2) is 5.96 Å². The van der Waals surface area contributed by atoms with Crippen molar-refractivity contribution in [3.63, 3.8) is 0 Å². The standard InChI is InChI=1S/C20H36N4O2/c1-5-21-20(22-13-7-15-25-6-2)23-17-18-9-11-19(12-10-18)26-16-8-14-24(3)4/h9-12H,5-8,13-17H2,1-4H3,(H2,21,22,23). The molecule has 148 valence electrons. The van der Waals surface area contributed by atoms with Gasteiger partial charge in [0.05, 0.1) is 13.2 Å². The molecule has 0 heterocycles. The highest BCUT2D eigenvalue weighted by Gasteiger charge is 1.99. The number of hydrogen-bond donors (Lipinski definition) is 2. The lowest BCUT2D eigenvalue weighted by Crippen LogP contribution is -2.38. The van der Waals surface area contributed by atoms with Gasteiger partial charge in [-0.15, -0.1) is 0 Å². The Hall–Kier alpha value is -1.79. The van der Waals surface area contributed by atoms with Gasteiger partial charge in [0.1, 0.15) is 5.75 Å². The van der Waals surface area contributed by atoms with Gasteiger partial charge in [-0.25, -0.2) is 4.99 Å². The van der Waals surface area contributed by atoms with Crippen LogP contribution in [0.5, 0.6) is 5.75 Å². The van der Waals surface area contributed by atoms with E-state index < -0.39 is 0 Å². The number of nitrogens with one attached hydrogen (secondary N) is 2. The summed E-state index contributed by atoms with van der Waals surface area (Å²) in [4.78, 5) is 6.80. The molecule has 6 heteroatoms. The predicted octanol–water partition coefficient (Wildman–Crippen LogP) is 2.50. The normalized spacial score (nSPS) is 11.7. The highest BCUT2D eigenvalue weighted by Crippen LogP contribution is 2.13. The van der Waals surface area contributed by atoms with E-state index in [2.05, 4.69) is 53.7 Å². The zero-order chi connectivity index (χ0) is 19.0. The van der Waals surface area contributed by atoms with Crippen molar-refractivity contribution < 1.29 is 9.47 Å². The fourth-order valence-corrected chi connectivity index (χ4v) is 2.30. The minimum Gasteiger partial charge on any atom is -0.494 e. The van der Waals surface area contributed by atoms with E-state index in [-0.39, 0.29) is 0 Å². The fraction of sp³-hybridized carbons (Fsp3) is 0.650. The van der Waals surface area contributed by atoms with Crippen molar-refractivity contribution >= 4 is 5.96 Å². The summed E-state index contributed by atoms with van der Waals surface area (Å²) in [5, 5.41) is 6.60. The van der Waals surface area contributed by atoms with Gasteiger partial charge in [-0.3, -0.25) is 0 Å². The second kappa shape index (κ2) is 14.4. The summed E-state index contributed by atoms with van der Waals surface area (Å²) in [6.45, 7) is 9.75. The van der Waals surface area contributed by atoms with Gasteiger partial charge >= 0.3 is 0 Å². The Labute approximate surface area is 159 Å². The zero-order valence-electron chi connectivity index (χ0n) is 16.9. The van der Waals surface area contributed by atoms with Crippen molar-refractivity contribution in [1.82, 2.24) is 15.5 Å². The molecule has 0 aromatic heterocycles. The number of ether oxygens (including phenoxy) is 2. The Morgan fingerprint density at radius 1 is 1.04 bits per heavy atom. The molecular formula is C20H36N4O2. The maximum atomic E-state index is 5.76. The number of hydrogen-bond acceptors (Lipinski definition) is 4. The van der Waals surface area contributed by atoms with Crippen molar-refractivity contribution in [1.29, 1.82) is 0 Å². The maximum absolute atomic E-state index is 5.76. The summed E-state index contributed by atoms with van der Waals surface area (Å²) in [5.41, 5.74) is 1.16. The van der Waals surface area contributed by atoms with Gasteiger partial charge < -0.3 is 25.0 Å². The van der Waals surface area contributed by atoms with Crippen LogP contribution in [0.1, 0.15) is 32.3 Å². The molecule has 2 N–H and O–H groups in total. The number of nitrogens with zero attached hydrogens (tertiary/aromatic N) is 2. The molecule has 1 rings (SSSR count). The van der Waals surface area contributed by atoms with Crippen molar-refractivity contribution in [3.05, 3.63) is 29.8 Å². The van der Waals surface area contributed by atoms with Crippen LogP contribution < -0.4 is 15.4 Å². The Morgan fingerprint density at radius 3 is 2.46 bits per heavy atom. The second-order valence-corrected chi connectivity index (χ2v) is 6.32. The average molecular weight is 365 g/mol. The van der Waals surface area contributed by atoms with Crippen LogP contribution in [0.3, 0.4) is 0 Å². The van der Waals surface area contributed by atoms with Crippen LogP contribution in [0, 0.1) is 0 Å². The van der Waals surface area contributed by atoms with Crippen LogP contribution in [0.25, 0.3) is 0 Å². The molecule has 0 atom stereocenters. The summed E-state index contributed by atoms with van der Waals surface area (Å²) in [5.74, 6) is 1.76. The lowest BCUT2D eigenvalue weighted by Gasteiger charge is -2.12. The van der Waals surface area contributed by atoms with Crippen LogP contribution in [0.2, 0.25) is 0 Å². The SMILES string of the molecule is CCNC(=NCc1ccc(OCCCN(C)C)cc1)NCCCOCC.